The lowest BCUT2D eigenvalue weighted by Gasteiger charge is -2.15. The largest absolute Gasteiger partial charge is 0.506 e. The Morgan fingerprint density at radius 2 is 1.56 bits per heavy atom. The van der Waals surface area contributed by atoms with Gasteiger partial charge in [-0.25, -0.2) is 4.79 Å². The highest BCUT2D eigenvalue weighted by atomic mass is 35.5. The second kappa shape index (κ2) is 6.92. The minimum Gasteiger partial charge on any atom is -0.506 e. The Kier molecular flexibility index (Phi) is 6.60. The summed E-state index contributed by atoms with van der Waals surface area (Å²) in [5.74, 6) is -0.0592. The molecule has 7 heteroatoms. The maximum Gasteiger partial charge on any atom is 0.506 e. The molecule has 18 heavy (non-hydrogen) atoms. The van der Waals surface area contributed by atoms with E-state index in [2.05, 4.69) is 4.74 Å². The van der Waals surface area contributed by atoms with E-state index in [1.54, 1.807) is 20.8 Å². The van der Waals surface area contributed by atoms with Gasteiger partial charge in [-0.3, -0.25) is 0 Å². The average Bonchev–Trinajstić information content (AvgIpc) is 2.11. The molecule has 0 bridgehead atoms. The van der Waals surface area contributed by atoms with Crippen LogP contribution < -0.4 is 0 Å². The van der Waals surface area contributed by atoms with Crippen LogP contribution in [-0.4, -0.2) is 22.0 Å². The molecule has 0 unspecified atom stereocenters. The first-order chi connectivity index (χ1) is 8.03. The summed E-state index contributed by atoms with van der Waals surface area (Å²) < 4.78 is 4.35. The fourth-order valence-electron chi connectivity index (χ4n) is 0.774. The van der Waals surface area contributed by atoms with Crippen LogP contribution in [0.4, 0.5) is 4.79 Å². The zero-order chi connectivity index (χ0) is 14.5. The molecular weight excluding hydrogens is 302 g/mol. The van der Waals surface area contributed by atoms with Crippen LogP contribution in [0.3, 0.4) is 0 Å². The van der Waals surface area contributed by atoms with Crippen molar-refractivity contribution in [3.63, 3.8) is 0 Å². The number of hydrogen-bond donors (Lipinski definition) is 2. The molecule has 0 heterocycles. The van der Waals surface area contributed by atoms with Gasteiger partial charge in [0.05, 0.1) is 15.1 Å². The smallest absolute Gasteiger partial charge is 0.506 e. The summed E-state index contributed by atoms with van der Waals surface area (Å²) in [6, 6.07) is 2.69. The van der Waals surface area contributed by atoms with Gasteiger partial charge in [0, 0.05) is 6.07 Å². The Bertz CT molecular complexity index is 377. The first-order valence-electron chi connectivity index (χ1n) is 4.78. The molecule has 0 amide bonds. The number of carbonyl (C=O) groups is 1. The third kappa shape index (κ3) is 7.48. The van der Waals surface area contributed by atoms with E-state index in [0.717, 1.165) is 0 Å². The van der Waals surface area contributed by atoms with E-state index in [1.165, 1.54) is 12.1 Å². The van der Waals surface area contributed by atoms with E-state index in [9.17, 15) is 4.79 Å². The molecule has 4 nitrogen and oxygen atoms in total. The highest BCUT2D eigenvalue weighted by Crippen LogP contribution is 2.32. The predicted molar refractivity (Wildman–Crippen MR) is 72.0 cm³/mol. The van der Waals surface area contributed by atoms with Crippen molar-refractivity contribution >= 4 is 41.0 Å². The van der Waals surface area contributed by atoms with Crippen molar-refractivity contribution in [3.8, 4) is 5.75 Å². The van der Waals surface area contributed by atoms with Gasteiger partial charge in [-0.1, -0.05) is 34.8 Å². The molecule has 0 spiro atoms. The standard InChI is InChI=1S/C6H3Cl3O.C5H10O3/c7-3-1-5(9)6(10)2-4(3)8;1-5(2,3)8-4(6)7/h1-2,10H;1-3H3,(H,6,7). The van der Waals surface area contributed by atoms with Crippen LogP contribution in [0, 0.1) is 0 Å². The molecule has 0 atom stereocenters. The third-order valence-electron chi connectivity index (χ3n) is 1.38. The van der Waals surface area contributed by atoms with E-state index < -0.39 is 11.8 Å². The molecule has 1 aromatic rings. The van der Waals surface area contributed by atoms with Gasteiger partial charge in [-0.15, -0.1) is 0 Å². The second-order valence-corrected chi connectivity index (χ2v) is 5.42. The fourth-order valence-corrected chi connectivity index (χ4v) is 1.32. The zero-order valence-corrected chi connectivity index (χ0v) is 12.3. The Morgan fingerprint density at radius 1 is 1.11 bits per heavy atom. The molecular formula is C11H13Cl3O4. The number of aromatic hydroxyl groups is 1. The van der Waals surface area contributed by atoms with E-state index in [4.69, 9.17) is 45.0 Å². The molecule has 0 saturated heterocycles. The first-order valence-corrected chi connectivity index (χ1v) is 5.92. The fraction of sp³-hybridized carbons (Fsp3) is 0.364. The van der Waals surface area contributed by atoms with Gasteiger partial charge in [0.25, 0.3) is 0 Å². The van der Waals surface area contributed by atoms with Crippen LogP contribution in [0.1, 0.15) is 20.8 Å². The maximum atomic E-state index is 9.79. The summed E-state index contributed by atoms with van der Waals surface area (Å²) in [7, 11) is 0. The SMILES string of the molecule is CC(C)(C)OC(=O)O.Oc1cc(Cl)c(Cl)cc1Cl. The quantitative estimate of drug-likeness (QED) is 0.531. The summed E-state index contributed by atoms with van der Waals surface area (Å²) in [5.41, 5.74) is -0.578. The van der Waals surface area contributed by atoms with Crippen molar-refractivity contribution in [3.05, 3.63) is 27.2 Å². The monoisotopic (exact) mass is 314 g/mol. The third-order valence-corrected chi connectivity index (χ3v) is 2.41. The normalized spacial score (nSPS) is 10.3. The Balaban J connectivity index is 0.000000331. The molecule has 0 saturated carbocycles. The van der Waals surface area contributed by atoms with E-state index >= 15 is 0 Å². The average molecular weight is 316 g/mol. The number of phenols is 1. The Morgan fingerprint density at radius 3 is 1.83 bits per heavy atom. The molecule has 0 aliphatic carbocycles. The van der Waals surface area contributed by atoms with Crippen LogP contribution in [0.25, 0.3) is 0 Å². The van der Waals surface area contributed by atoms with Crippen LogP contribution >= 0.6 is 34.8 Å². The van der Waals surface area contributed by atoms with Crippen molar-refractivity contribution in [1.29, 1.82) is 0 Å². The van der Waals surface area contributed by atoms with Crippen molar-refractivity contribution in [1.82, 2.24) is 0 Å². The van der Waals surface area contributed by atoms with Gasteiger partial charge in [-0.2, -0.15) is 0 Å². The highest BCUT2D eigenvalue weighted by molar-refractivity contribution is 6.43. The highest BCUT2D eigenvalue weighted by Gasteiger charge is 2.13. The minimum absolute atomic E-state index is 0.0592. The number of hydrogen-bond acceptors (Lipinski definition) is 3. The first kappa shape index (κ1) is 17.2. The molecule has 0 aromatic heterocycles. The molecule has 0 aliphatic heterocycles. The molecule has 1 rings (SSSR count). The molecule has 0 fully saturated rings. The van der Waals surface area contributed by atoms with Crippen LogP contribution in [0.15, 0.2) is 12.1 Å². The van der Waals surface area contributed by atoms with Crippen molar-refractivity contribution < 1.29 is 19.7 Å². The molecule has 102 valence electrons. The molecule has 0 aliphatic rings. The number of benzene rings is 1. The summed E-state index contributed by atoms with van der Waals surface area (Å²) in [6.07, 6.45) is -1.22. The van der Waals surface area contributed by atoms with Gasteiger partial charge in [0.2, 0.25) is 0 Å². The zero-order valence-electron chi connectivity index (χ0n) is 10.00. The lowest BCUT2D eigenvalue weighted by molar-refractivity contribution is 0.0150. The van der Waals surface area contributed by atoms with Crippen molar-refractivity contribution in [2.45, 2.75) is 26.4 Å². The lowest BCUT2D eigenvalue weighted by atomic mass is 10.2. The van der Waals surface area contributed by atoms with Crippen molar-refractivity contribution in [2.75, 3.05) is 0 Å². The van der Waals surface area contributed by atoms with Crippen LogP contribution in [0.2, 0.25) is 15.1 Å². The molecule has 0 radical (unpaired) electrons. The van der Waals surface area contributed by atoms with E-state index in [-0.39, 0.29) is 10.8 Å². The van der Waals surface area contributed by atoms with E-state index in [0.29, 0.717) is 10.0 Å². The van der Waals surface area contributed by atoms with Crippen LogP contribution in [0.5, 0.6) is 5.75 Å². The number of carboxylic acid groups (broad SMARTS) is 1. The Hall–Kier alpha value is -0.840. The number of ether oxygens (including phenoxy) is 1. The lowest BCUT2D eigenvalue weighted by Crippen LogP contribution is -2.22. The predicted octanol–water partition coefficient (Wildman–Crippen LogP) is 4.83. The maximum absolute atomic E-state index is 9.79. The topological polar surface area (TPSA) is 66.8 Å². The molecule has 2 N–H and O–H groups in total. The number of phenolic OH excluding ortho intramolecular Hbond substituents is 1. The summed E-state index contributed by atoms with van der Waals surface area (Å²) in [5, 5.41) is 17.8. The summed E-state index contributed by atoms with van der Waals surface area (Å²) in [6.45, 7) is 5.04. The van der Waals surface area contributed by atoms with E-state index in [1.807, 2.05) is 0 Å². The van der Waals surface area contributed by atoms with Gasteiger partial charge in [-0.05, 0) is 26.8 Å². The second-order valence-electron chi connectivity index (χ2n) is 4.20. The minimum atomic E-state index is -1.22. The summed E-state index contributed by atoms with van der Waals surface area (Å²) >= 11 is 16.6. The molecule has 1 aromatic carbocycles. The summed E-state index contributed by atoms with van der Waals surface area (Å²) in [4.78, 5) is 9.79. The van der Waals surface area contributed by atoms with Gasteiger partial charge < -0.3 is 14.9 Å². The van der Waals surface area contributed by atoms with Gasteiger partial charge in [0.15, 0.2) is 0 Å². The number of rotatable bonds is 0. The van der Waals surface area contributed by atoms with Crippen molar-refractivity contribution in [2.24, 2.45) is 0 Å². The van der Waals surface area contributed by atoms with Gasteiger partial charge in [0.1, 0.15) is 11.4 Å². The van der Waals surface area contributed by atoms with Gasteiger partial charge >= 0.3 is 6.16 Å². The van der Waals surface area contributed by atoms with Crippen LogP contribution in [-0.2, 0) is 4.74 Å². The number of halogens is 3. The Labute approximate surface area is 120 Å².